The Bertz CT molecular complexity index is 1180. The van der Waals surface area contributed by atoms with Crippen molar-refractivity contribution in [1.82, 2.24) is 14.6 Å². The third-order valence-corrected chi connectivity index (χ3v) is 6.51. The summed E-state index contributed by atoms with van der Waals surface area (Å²) in [6.07, 6.45) is 5.37. The highest BCUT2D eigenvalue weighted by Crippen LogP contribution is 2.44. The van der Waals surface area contributed by atoms with Gasteiger partial charge in [0.05, 0.1) is 11.3 Å². The van der Waals surface area contributed by atoms with Gasteiger partial charge in [0.25, 0.3) is 0 Å². The summed E-state index contributed by atoms with van der Waals surface area (Å²) in [4.78, 5) is 9.46. The van der Waals surface area contributed by atoms with Gasteiger partial charge in [-0.25, -0.2) is 13.9 Å². The fourth-order valence-electron chi connectivity index (χ4n) is 3.64. The molecule has 0 fully saturated rings. The van der Waals surface area contributed by atoms with Gasteiger partial charge in [0.15, 0.2) is 5.65 Å². The van der Waals surface area contributed by atoms with Crippen molar-refractivity contribution in [2.24, 2.45) is 4.99 Å². The second kappa shape index (κ2) is 6.14. The molecule has 1 aliphatic heterocycles. The topological polar surface area (TPSA) is 66.3 Å². The molecule has 7 heteroatoms. The first-order valence-corrected chi connectivity index (χ1v) is 10.2. The minimum absolute atomic E-state index is 0.229. The van der Waals surface area contributed by atoms with Crippen LogP contribution in [0.3, 0.4) is 0 Å². The zero-order chi connectivity index (χ0) is 20.3. The average molecular weight is 393 g/mol. The average Bonchev–Trinajstić information content (AvgIpc) is 3.01. The zero-order valence-electron chi connectivity index (χ0n) is 16.4. The molecule has 3 heterocycles. The fraction of sp³-hybridized carbons (Fsp3) is 0.333. The van der Waals surface area contributed by atoms with Crippen LogP contribution in [0, 0.1) is 17.1 Å². The molecular weight excluding hydrogens is 373 g/mol. The van der Waals surface area contributed by atoms with Crippen LogP contribution in [-0.4, -0.2) is 32.1 Å². The van der Waals surface area contributed by atoms with E-state index in [1.807, 2.05) is 46.2 Å². The smallest absolute Gasteiger partial charge is 0.174 e. The number of hydrogen-bond acceptors (Lipinski definition) is 5. The molecule has 0 atom stereocenters. The maximum Gasteiger partial charge on any atom is 0.174 e. The van der Waals surface area contributed by atoms with Gasteiger partial charge in [-0.05, 0) is 26.2 Å². The maximum atomic E-state index is 14.9. The fourth-order valence-corrected chi connectivity index (χ4v) is 4.15. The van der Waals surface area contributed by atoms with Crippen LogP contribution in [0.2, 0.25) is 0 Å². The Balaban J connectivity index is 1.98. The highest BCUT2D eigenvalue weighted by atomic mass is 32.2. The molecule has 142 valence electrons. The van der Waals surface area contributed by atoms with Crippen LogP contribution in [0.25, 0.3) is 5.65 Å². The predicted molar refractivity (Wildman–Crippen MR) is 109 cm³/mol. The third kappa shape index (κ3) is 2.48. The Morgan fingerprint density at radius 3 is 2.64 bits per heavy atom. The molecule has 3 aromatic rings. The van der Waals surface area contributed by atoms with Crippen LogP contribution in [0.4, 0.5) is 4.39 Å². The quantitative estimate of drug-likeness (QED) is 0.607. The van der Waals surface area contributed by atoms with E-state index in [1.54, 1.807) is 16.8 Å². The van der Waals surface area contributed by atoms with Gasteiger partial charge in [-0.15, -0.1) is 11.8 Å². The number of hydrogen-bond donors (Lipinski definition) is 0. The number of nitrogens with zero attached hydrogens (tertiary/aromatic N) is 5. The van der Waals surface area contributed by atoms with Crippen molar-refractivity contribution in [3.05, 3.63) is 58.7 Å². The van der Waals surface area contributed by atoms with Crippen LogP contribution >= 0.6 is 11.8 Å². The lowest BCUT2D eigenvalue weighted by molar-refractivity contribution is 0.293. The summed E-state index contributed by atoms with van der Waals surface area (Å²) in [6, 6.07) is 7.27. The number of halogens is 1. The molecule has 28 heavy (non-hydrogen) atoms. The Kier molecular flexibility index (Phi) is 4.09. The number of fused-ring (bicyclic) bond motifs is 2. The number of aromatic nitrogens is 3. The molecule has 0 saturated heterocycles. The number of rotatable bonds is 2. The molecule has 0 amide bonds. The lowest BCUT2D eigenvalue weighted by Crippen LogP contribution is -2.46. The highest BCUT2D eigenvalue weighted by Gasteiger charge is 2.45. The van der Waals surface area contributed by atoms with E-state index in [-0.39, 0.29) is 5.82 Å². The largest absolute Gasteiger partial charge is 0.277 e. The van der Waals surface area contributed by atoms with Gasteiger partial charge < -0.3 is 0 Å². The standard InChI is InChI=1S/C21H20FN5S/c1-20(2)16-13(7-6-8-15(16)22)17(25-21(20,3)4)12-10-24-18-14(9-23)19(28-5)26-27(18)11-12/h6-8,10-11H,1-5H3. The third-order valence-electron chi connectivity index (χ3n) is 5.83. The Labute approximate surface area is 167 Å². The molecular formula is C21H20FN5S. The lowest BCUT2D eigenvalue weighted by atomic mass is 9.65. The molecule has 5 nitrogen and oxygen atoms in total. The van der Waals surface area contributed by atoms with Crippen LogP contribution in [0.5, 0.6) is 0 Å². The molecule has 1 aromatic carbocycles. The predicted octanol–water partition coefficient (Wildman–Crippen LogP) is 4.37. The van der Waals surface area contributed by atoms with Gasteiger partial charge in [0.2, 0.25) is 0 Å². The molecule has 0 bridgehead atoms. The van der Waals surface area contributed by atoms with E-state index in [9.17, 15) is 9.65 Å². The SMILES string of the molecule is CSc1nn2cc(C3=NC(C)(C)C(C)(C)c4c(F)cccc43)cnc2c1C#N. The van der Waals surface area contributed by atoms with Gasteiger partial charge >= 0.3 is 0 Å². The Morgan fingerprint density at radius 1 is 1.21 bits per heavy atom. The molecule has 0 aliphatic carbocycles. The summed E-state index contributed by atoms with van der Waals surface area (Å²) in [5, 5.41) is 14.5. The summed E-state index contributed by atoms with van der Waals surface area (Å²) in [7, 11) is 0. The maximum absolute atomic E-state index is 14.9. The Hall–Kier alpha value is -2.72. The summed E-state index contributed by atoms with van der Waals surface area (Å²) in [5.41, 5.74) is 2.83. The van der Waals surface area contributed by atoms with Crippen LogP contribution in [0.15, 0.2) is 40.6 Å². The molecule has 1 aliphatic rings. The van der Waals surface area contributed by atoms with Crippen molar-refractivity contribution in [2.45, 2.75) is 43.7 Å². The summed E-state index contributed by atoms with van der Waals surface area (Å²) < 4.78 is 16.5. The lowest BCUT2D eigenvalue weighted by Gasteiger charge is -2.44. The van der Waals surface area contributed by atoms with Crippen molar-refractivity contribution >= 4 is 23.1 Å². The first-order chi connectivity index (χ1) is 13.2. The minimum Gasteiger partial charge on any atom is -0.277 e. The van der Waals surface area contributed by atoms with Crippen molar-refractivity contribution in [3.8, 4) is 6.07 Å². The van der Waals surface area contributed by atoms with Crippen LogP contribution in [0.1, 0.15) is 49.9 Å². The molecule has 2 aromatic heterocycles. The van der Waals surface area contributed by atoms with Gasteiger partial charge in [-0.2, -0.15) is 10.4 Å². The number of aliphatic imine (C=N–C) groups is 1. The Morgan fingerprint density at radius 2 is 1.96 bits per heavy atom. The van der Waals surface area contributed by atoms with E-state index in [0.717, 1.165) is 11.1 Å². The second-order valence-corrected chi connectivity index (χ2v) is 8.71. The molecule has 0 N–H and O–H groups in total. The zero-order valence-corrected chi connectivity index (χ0v) is 17.2. The number of nitriles is 1. The van der Waals surface area contributed by atoms with Gasteiger partial charge in [0, 0.05) is 34.5 Å². The monoisotopic (exact) mass is 393 g/mol. The van der Waals surface area contributed by atoms with Crippen molar-refractivity contribution in [3.63, 3.8) is 0 Å². The van der Waals surface area contributed by atoms with Crippen molar-refractivity contribution in [2.75, 3.05) is 6.26 Å². The summed E-state index contributed by atoms with van der Waals surface area (Å²) >= 11 is 1.40. The first-order valence-electron chi connectivity index (χ1n) is 8.93. The van der Waals surface area contributed by atoms with E-state index >= 15 is 0 Å². The number of benzene rings is 1. The summed E-state index contributed by atoms with van der Waals surface area (Å²) in [6.45, 7) is 8.08. The first kappa shape index (κ1) is 18.6. The molecule has 0 saturated carbocycles. The van der Waals surface area contributed by atoms with Crippen LogP contribution in [-0.2, 0) is 5.41 Å². The minimum atomic E-state index is -0.515. The molecule has 0 spiro atoms. The molecule has 4 rings (SSSR count). The van der Waals surface area contributed by atoms with Gasteiger partial charge in [-0.1, -0.05) is 26.0 Å². The van der Waals surface area contributed by atoms with Crippen molar-refractivity contribution < 1.29 is 4.39 Å². The normalized spacial score (nSPS) is 17.1. The second-order valence-electron chi connectivity index (χ2n) is 7.91. The highest BCUT2D eigenvalue weighted by molar-refractivity contribution is 7.98. The van der Waals surface area contributed by atoms with Crippen molar-refractivity contribution in [1.29, 1.82) is 5.26 Å². The van der Waals surface area contributed by atoms with E-state index < -0.39 is 11.0 Å². The van der Waals surface area contributed by atoms with E-state index in [0.29, 0.717) is 27.5 Å². The van der Waals surface area contributed by atoms with E-state index in [4.69, 9.17) is 4.99 Å². The van der Waals surface area contributed by atoms with Gasteiger partial charge in [-0.3, -0.25) is 4.99 Å². The van der Waals surface area contributed by atoms with Crippen LogP contribution < -0.4 is 0 Å². The summed E-state index contributed by atoms with van der Waals surface area (Å²) in [5.74, 6) is -0.229. The molecule has 0 unspecified atom stereocenters. The van der Waals surface area contributed by atoms with E-state index in [1.165, 1.54) is 17.8 Å². The van der Waals surface area contributed by atoms with Gasteiger partial charge in [0.1, 0.15) is 22.5 Å². The number of thioether (sulfide) groups is 1. The van der Waals surface area contributed by atoms with E-state index in [2.05, 4.69) is 16.2 Å². The molecule has 0 radical (unpaired) electrons.